The molecule has 2 rings (SSSR count). The van der Waals surface area contributed by atoms with Crippen molar-refractivity contribution in [3.05, 3.63) is 0 Å². The van der Waals surface area contributed by atoms with E-state index in [1.165, 1.54) is 25.9 Å². The molecule has 0 aromatic carbocycles. The van der Waals surface area contributed by atoms with Crippen LogP contribution in [0.1, 0.15) is 19.8 Å². The van der Waals surface area contributed by atoms with Gasteiger partial charge in [-0.1, -0.05) is 6.92 Å². The Kier molecular flexibility index (Phi) is 3.16. The first-order valence-corrected chi connectivity index (χ1v) is 4.31. The van der Waals surface area contributed by atoms with Crippen LogP contribution in [0.2, 0.25) is 0 Å². The average molecular weight is 177 g/mol. The minimum atomic E-state index is 0. The Morgan fingerprint density at radius 2 is 2.27 bits per heavy atom. The average Bonchev–Trinajstić information content (AvgIpc) is 2.33. The molecule has 0 aliphatic carbocycles. The largest absolute Gasteiger partial charge is 0.303 e. The molecule has 2 atom stereocenters. The second-order valence-electron chi connectivity index (χ2n) is 3.71. The minimum Gasteiger partial charge on any atom is -0.303 e. The van der Waals surface area contributed by atoms with E-state index >= 15 is 0 Å². The lowest BCUT2D eigenvalue weighted by atomic mass is 9.94. The maximum Gasteiger partial charge on any atom is 0.0484 e. The van der Waals surface area contributed by atoms with Crippen LogP contribution in [-0.4, -0.2) is 30.7 Å². The number of fused-ring (bicyclic) bond motifs is 1. The molecule has 2 nitrogen and oxygen atoms in total. The normalized spacial score (nSPS) is 37.9. The maximum atomic E-state index is 3.41. The Hall–Kier alpha value is 0.210. The van der Waals surface area contributed by atoms with E-state index in [1.807, 2.05) is 0 Å². The third kappa shape index (κ3) is 1.86. The molecule has 2 heterocycles. The molecule has 2 saturated heterocycles. The van der Waals surface area contributed by atoms with Crippen molar-refractivity contribution in [2.45, 2.75) is 25.8 Å². The quantitative estimate of drug-likeness (QED) is 0.594. The van der Waals surface area contributed by atoms with Crippen molar-refractivity contribution in [3.8, 4) is 0 Å². The molecule has 0 bridgehead atoms. The van der Waals surface area contributed by atoms with E-state index in [1.54, 1.807) is 0 Å². The zero-order chi connectivity index (χ0) is 6.97. The van der Waals surface area contributed by atoms with Crippen LogP contribution < -0.4 is 5.32 Å². The van der Waals surface area contributed by atoms with Crippen molar-refractivity contribution < 1.29 is 0 Å². The molecular weight excluding hydrogens is 160 g/mol. The van der Waals surface area contributed by atoms with Crippen LogP contribution in [0.25, 0.3) is 0 Å². The highest BCUT2D eigenvalue weighted by atomic mass is 35.5. The summed E-state index contributed by atoms with van der Waals surface area (Å²) in [5.41, 5.74) is 0. The number of nitrogens with zero attached hydrogens (tertiary/aromatic N) is 1. The lowest BCUT2D eigenvalue weighted by molar-refractivity contribution is 0.165. The van der Waals surface area contributed by atoms with Gasteiger partial charge in [-0.25, -0.2) is 0 Å². The van der Waals surface area contributed by atoms with Gasteiger partial charge in [0.25, 0.3) is 0 Å². The van der Waals surface area contributed by atoms with Gasteiger partial charge in [0.2, 0.25) is 0 Å². The van der Waals surface area contributed by atoms with Crippen molar-refractivity contribution in [1.29, 1.82) is 0 Å². The SMILES string of the molecule is CC1CCN2CNCC2C1.Cl. The molecule has 0 aromatic heterocycles. The first kappa shape index (κ1) is 9.30. The lowest BCUT2D eigenvalue weighted by Gasteiger charge is -2.31. The summed E-state index contributed by atoms with van der Waals surface area (Å²) in [6.45, 7) is 6.05. The van der Waals surface area contributed by atoms with Gasteiger partial charge in [0, 0.05) is 19.3 Å². The molecule has 3 heteroatoms. The van der Waals surface area contributed by atoms with E-state index in [2.05, 4.69) is 17.1 Å². The van der Waals surface area contributed by atoms with Crippen LogP contribution in [0.3, 0.4) is 0 Å². The van der Waals surface area contributed by atoms with Crippen molar-refractivity contribution in [3.63, 3.8) is 0 Å². The van der Waals surface area contributed by atoms with Gasteiger partial charge in [-0.15, -0.1) is 12.4 Å². The number of halogens is 1. The first-order chi connectivity index (χ1) is 4.86. The molecule has 0 saturated carbocycles. The highest BCUT2D eigenvalue weighted by molar-refractivity contribution is 5.85. The van der Waals surface area contributed by atoms with Crippen LogP contribution in [0.4, 0.5) is 0 Å². The summed E-state index contributed by atoms with van der Waals surface area (Å²) in [4.78, 5) is 2.57. The molecule has 11 heavy (non-hydrogen) atoms. The van der Waals surface area contributed by atoms with Gasteiger partial charge in [0.15, 0.2) is 0 Å². The first-order valence-electron chi connectivity index (χ1n) is 4.31. The van der Waals surface area contributed by atoms with E-state index in [0.717, 1.165) is 18.6 Å². The Bertz CT molecular complexity index is 129. The Morgan fingerprint density at radius 1 is 1.45 bits per heavy atom. The van der Waals surface area contributed by atoms with E-state index in [9.17, 15) is 0 Å². The summed E-state index contributed by atoms with van der Waals surface area (Å²) in [6, 6.07) is 0.865. The number of rotatable bonds is 0. The van der Waals surface area contributed by atoms with Gasteiger partial charge in [-0.2, -0.15) is 0 Å². The predicted octanol–water partition coefficient (Wildman–Crippen LogP) is 1.07. The summed E-state index contributed by atoms with van der Waals surface area (Å²) >= 11 is 0. The minimum absolute atomic E-state index is 0. The van der Waals surface area contributed by atoms with Crippen molar-refractivity contribution in [2.75, 3.05) is 19.8 Å². The maximum absolute atomic E-state index is 3.41. The molecule has 0 aromatic rings. The van der Waals surface area contributed by atoms with Gasteiger partial charge < -0.3 is 5.32 Å². The molecule has 66 valence electrons. The molecule has 0 amide bonds. The summed E-state index contributed by atoms with van der Waals surface area (Å²) in [5, 5.41) is 3.41. The molecule has 0 spiro atoms. The van der Waals surface area contributed by atoms with Crippen LogP contribution in [0, 0.1) is 5.92 Å². The number of nitrogens with one attached hydrogen (secondary N) is 1. The molecular formula is C8H17ClN2. The number of piperidine rings is 1. The smallest absolute Gasteiger partial charge is 0.0484 e. The fourth-order valence-electron chi connectivity index (χ4n) is 2.10. The van der Waals surface area contributed by atoms with Crippen molar-refractivity contribution >= 4 is 12.4 Å². The topological polar surface area (TPSA) is 15.3 Å². The summed E-state index contributed by atoms with van der Waals surface area (Å²) in [6.07, 6.45) is 2.81. The van der Waals surface area contributed by atoms with Gasteiger partial charge in [-0.3, -0.25) is 4.90 Å². The Balaban J connectivity index is 0.000000605. The summed E-state index contributed by atoms with van der Waals surface area (Å²) in [5.74, 6) is 0.959. The second-order valence-corrected chi connectivity index (χ2v) is 3.71. The van der Waals surface area contributed by atoms with Gasteiger partial charge in [-0.05, 0) is 25.3 Å². The van der Waals surface area contributed by atoms with Crippen LogP contribution >= 0.6 is 12.4 Å². The standard InChI is InChI=1S/C8H16N2.ClH/c1-7-2-3-10-6-9-5-8(10)4-7;/h7-9H,2-6H2,1H3;1H. The monoisotopic (exact) mass is 176 g/mol. The Labute approximate surface area is 74.7 Å². The third-order valence-corrected chi connectivity index (χ3v) is 2.79. The molecule has 2 aliphatic heterocycles. The lowest BCUT2D eigenvalue weighted by Crippen LogP contribution is -2.38. The zero-order valence-electron chi connectivity index (χ0n) is 7.05. The molecule has 1 N–H and O–H groups in total. The van der Waals surface area contributed by atoms with Crippen LogP contribution in [0.15, 0.2) is 0 Å². The van der Waals surface area contributed by atoms with Crippen molar-refractivity contribution in [2.24, 2.45) is 5.92 Å². The summed E-state index contributed by atoms with van der Waals surface area (Å²) < 4.78 is 0. The highest BCUT2D eigenvalue weighted by Gasteiger charge is 2.29. The molecule has 2 fully saturated rings. The highest BCUT2D eigenvalue weighted by Crippen LogP contribution is 2.23. The van der Waals surface area contributed by atoms with Gasteiger partial charge in [0.1, 0.15) is 0 Å². The predicted molar refractivity (Wildman–Crippen MR) is 49.0 cm³/mol. The fourth-order valence-corrected chi connectivity index (χ4v) is 2.10. The summed E-state index contributed by atoms with van der Waals surface area (Å²) in [7, 11) is 0. The fraction of sp³-hybridized carbons (Fsp3) is 1.00. The zero-order valence-corrected chi connectivity index (χ0v) is 7.86. The van der Waals surface area contributed by atoms with Gasteiger partial charge >= 0.3 is 0 Å². The van der Waals surface area contributed by atoms with E-state index in [0.29, 0.717) is 0 Å². The van der Waals surface area contributed by atoms with E-state index < -0.39 is 0 Å². The van der Waals surface area contributed by atoms with Crippen molar-refractivity contribution in [1.82, 2.24) is 10.2 Å². The van der Waals surface area contributed by atoms with Crippen LogP contribution in [0.5, 0.6) is 0 Å². The van der Waals surface area contributed by atoms with Crippen LogP contribution in [-0.2, 0) is 0 Å². The second kappa shape index (κ2) is 3.74. The molecule has 0 radical (unpaired) electrons. The molecule has 2 unspecified atom stereocenters. The van der Waals surface area contributed by atoms with E-state index in [4.69, 9.17) is 0 Å². The van der Waals surface area contributed by atoms with Gasteiger partial charge in [0.05, 0.1) is 0 Å². The van der Waals surface area contributed by atoms with E-state index in [-0.39, 0.29) is 12.4 Å². The number of hydrogen-bond donors (Lipinski definition) is 1. The molecule has 2 aliphatic rings. The third-order valence-electron chi connectivity index (χ3n) is 2.79. The Morgan fingerprint density at radius 3 is 3.09 bits per heavy atom. The number of hydrogen-bond acceptors (Lipinski definition) is 2.